The van der Waals surface area contributed by atoms with Crippen molar-refractivity contribution in [1.29, 1.82) is 0 Å². The molecular weight excluding hydrogens is 248 g/mol. The third kappa shape index (κ3) is 5.15. The number of hydrogen-bond acceptors (Lipinski definition) is 2. The van der Waals surface area contributed by atoms with Crippen molar-refractivity contribution in [2.45, 2.75) is 39.5 Å². The maximum Gasteiger partial charge on any atom is 0.225 e. The van der Waals surface area contributed by atoms with Gasteiger partial charge in [-0.3, -0.25) is 4.79 Å². The Hall–Kier alpha value is -0.280. The highest BCUT2D eigenvalue weighted by Gasteiger charge is 2.22. The van der Waals surface area contributed by atoms with Gasteiger partial charge < -0.3 is 9.80 Å². The minimum absolute atomic E-state index is 0.185. The number of rotatable bonds is 6. The molecule has 0 aliphatic carbocycles. The van der Waals surface area contributed by atoms with Gasteiger partial charge in [0, 0.05) is 38.0 Å². The lowest BCUT2D eigenvalue weighted by molar-refractivity contribution is -0.135. The van der Waals surface area contributed by atoms with Crippen LogP contribution in [0.4, 0.5) is 0 Å². The topological polar surface area (TPSA) is 23.6 Å². The molecule has 106 valence electrons. The summed E-state index contributed by atoms with van der Waals surface area (Å²) in [5, 5.41) is 0. The molecule has 1 rings (SSSR count). The van der Waals surface area contributed by atoms with Crippen LogP contribution in [0.25, 0.3) is 0 Å². The van der Waals surface area contributed by atoms with Crippen LogP contribution in [0.5, 0.6) is 0 Å². The molecule has 1 atom stereocenters. The van der Waals surface area contributed by atoms with Crippen LogP contribution in [-0.2, 0) is 4.79 Å². The van der Waals surface area contributed by atoms with E-state index in [4.69, 9.17) is 11.6 Å². The summed E-state index contributed by atoms with van der Waals surface area (Å²) in [4.78, 5) is 16.7. The van der Waals surface area contributed by atoms with E-state index in [-0.39, 0.29) is 5.92 Å². The second kappa shape index (κ2) is 8.76. The Kier molecular flexibility index (Phi) is 7.68. The molecule has 4 heteroatoms. The van der Waals surface area contributed by atoms with Crippen LogP contribution in [0.2, 0.25) is 0 Å². The molecule has 0 spiro atoms. The van der Waals surface area contributed by atoms with Crippen molar-refractivity contribution in [3.63, 3.8) is 0 Å². The van der Waals surface area contributed by atoms with Crippen molar-refractivity contribution >= 4 is 17.5 Å². The molecule has 1 unspecified atom stereocenters. The van der Waals surface area contributed by atoms with Crippen molar-refractivity contribution in [3.05, 3.63) is 0 Å². The molecule has 0 radical (unpaired) electrons. The van der Waals surface area contributed by atoms with Crippen LogP contribution in [-0.4, -0.2) is 54.3 Å². The summed E-state index contributed by atoms with van der Waals surface area (Å²) in [5.41, 5.74) is 0. The zero-order valence-corrected chi connectivity index (χ0v) is 12.6. The quantitative estimate of drug-likeness (QED) is 0.695. The fourth-order valence-electron chi connectivity index (χ4n) is 2.48. The highest BCUT2D eigenvalue weighted by molar-refractivity contribution is 6.18. The molecule has 1 fully saturated rings. The Balaban J connectivity index is 2.39. The van der Waals surface area contributed by atoms with E-state index in [9.17, 15) is 4.79 Å². The number of halogens is 1. The molecule has 3 nitrogen and oxygen atoms in total. The van der Waals surface area contributed by atoms with E-state index < -0.39 is 0 Å². The molecule has 1 aliphatic heterocycles. The Labute approximate surface area is 116 Å². The molecule has 1 amide bonds. The molecule has 18 heavy (non-hydrogen) atoms. The lowest BCUT2D eigenvalue weighted by Gasteiger charge is -2.24. The van der Waals surface area contributed by atoms with Gasteiger partial charge in [0.15, 0.2) is 0 Å². The van der Waals surface area contributed by atoms with Crippen molar-refractivity contribution in [2.75, 3.05) is 38.6 Å². The number of hydrogen-bond donors (Lipinski definition) is 0. The van der Waals surface area contributed by atoms with Gasteiger partial charge in [-0.25, -0.2) is 0 Å². The van der Waals surface area contributed by atoms with Gasteiger partial charge in [-0.1, -0.05) is 26.7 Å². The average Bonchev–Trinajstić information content (AvgIpc) is 2.61. The first kappa shape index (κ1) is 15.8. The van der Waals surface area contributed by atoms with E-state index in [1.165, 1.54) is 6.42 Å². The van der Waals surface area contributed by atoms with Crippen molar-refractivity contribution in [3.8, 4) is 0 Å². The third-order valence-corrected chi connectivity index (χ3v) is 3.88. The monoisotopic (exact) mass is 274 g/mol. The largest absolute Gasteiger partial charge is 0.341 e. The van der Waals surface area contributed by atoms with Gasteiger partial charge in [-0.15, -0.1) is 11.6 Å². The highest BCUT2D eigenvalue weighted by atomic mass is 35.5. The first-order valence-electron chi connectivity index (χ1n) is 7.26. The number of alkyl halides is 1. The summed E-state index contributed by atoms with van der Waals surface area (Å²) in [6, 6.07) is 0. The molecule has 1 heterocycles. The standard InChI is InChI=1S/C14H27ClN2O/c1-3-4-6-13(2)14(18)17-9-5-8-16(10-7-15)11-12-17/h13H,3-12H2,1-2H3. The van der Waals surface area contributed by atoms with E-state index in [0.29, 0.717) is 11.8 Å². The second-order valence-corrected chi connectivity index (χ2v) is 5.63. The predicted molar refractivity (Wildman–Crippen MR) is 77.0 cm³/mol. The fourth-order valence-corrected chi connectivity index (χ4v) is 2.72. The van der Waals surface area contributed by atoms with Crippen LogP contribution >= 0.6 is 11.6 Å². The molecule has 0 aromatic carbocycles. The molecule has 0 N–H and O–H groups in total. The molecule has 0 saturated carbocycles. The molecular formula is C14H27ClN2O. The normalized spacial score (nSPS) is 19.6. The molecule has 0 bridgehead atoms. The van der Waals surface area contributed by atoms with Crippen LogP contribution in [0.3, 0.4) is 0 Å². The fraction of sp³-hybridized carbons (Fsp3) is 0.929. The summed E-state index contributed by atoms with van der Waals surface area (Å²) >= 11 is 5.77. The predicted octanol–water partition coefficient (Wildman–Crippen LogP) is 2.59. The number of nitrogens with zero attached hydrogens (tertiary/aromatic N) is 2. The Morgan fingerprint density at radius 2 is 2.06 bits per heavy atom. The molecule has 1 saturated heterocycles. The average molecular weight is 275 g/mol. The van der Waals surface area contributed by atoms with E-state index in [2.05, 4.69) is 23.6 Å². The van der Waals surface area contributed by atoms with E-state index in [1.54, 1.807) is 0 Å². The van der Waals surface area contributed by atoms with Gasteiger partial charge in [0.2, 0.25) is 5.91 Å². The van der Waals surface area contributed by atoms with Crippen LogP contribution in [0, 0.1) is 5.92 Å². The number of carbonyl (C=O) groups excluding carboxylic acids is 1. The van der Waals surface area contributed by atoms with Gasteiger partial charge >= 0.3 is 0 Å². The summed E-state index contributed by atoms with van der Waals surface area (Å²) in [5.74, 6) is 1.21. The summed E-state index contributed by atoms with van der Waals surface area (Å²) < 4.78 is 0. The zero-order valence-electron chi connectivity index (χ0n) is 11.8. The molecule has 1 aliphatic rings. The Morgan fingerprint density at radius 1 is 1.28 bits per heavy atom. The van der Waals surface area contributed by atoms with Gasteiger partial charge in [0.05, 0.1) is 0 Å². The maximum atomic E-state index is 12.3. The Bertz CT molecular complexity index is 248. The minimum Gasteiger partial charge on any atom is -0.341 e. The number of amides is 1. The summed E-state index contributed by atoms with van der Waals surface area (Å²) in [7, 11) is 0. The summed E-state index contributed by atoms with van der Waals surface area (Å²) in [6.07, 6.45) is 4.42. The first-order chi connectivity index (χ1) is 8.69. The molecule has 0 aromatic rings. The Morgan fingerprint density at radius 3 is 2.72 bits per heavy atom. The lowest BCUT2D eigenvalue weighted by Crippen LogP contribution is -2.38. The van der Waals surface area contributed by atoms with Gasteiger partial charge in [0.25, 0.3) is 0 Å². The molecule has 0 aromatic heterocycles. The van der Waals surface area contributed by atoms with Crippen LogP contribution < -0.4 is 0 Å². The van der Waals surface area contributed by atoms with Crippen LogP contribution in [0.15, 0.2) is 0 Å². The summed E-state index contributed by atoms with van der Waals surface area (Å²) in [6.45, 7) is 9.00. The van der Waals surface area contributed by atoms with E-state index >= 15 is 0 Å². The number of unbranched alkanes of at least 4 members (excludes halogenated alkanes) is 1. The van der Waals surface area contributed by atoms with Gasteiger partial charge in [0.1, 0.15) is 0 Å². The number of carbonyl (C=O) groups is 1. The minimum atomic E-state index is 0.185. The zero-order chi connectivity index (χ0) is 13.4. The second-order valence-electron chi connectivity index (χ2n) is 5.25. The highest BCUT2D eigenvalue weighted by Crippen LogP contribution is 2.13. The van der Waals surface area contributed by atoms with Crippen molar-refractivity contribution in [1.82, 2.24) is 9.80 Å². The first-order valence-corrected chi connectivity index (χ1v) is 7.79. The van der Waals surface area contributed by atoms with Crippen LogP contribution in [0.1, 0.15) is 39.5 Å². The third-order valence-electron chi connectivity index (χ3n) is 3.71. The van der Waals surface area contributed by atoms with Gasteiger partial charge in [-0.05, 0) is 19.4 Å². The SMILES string of the molecule is CCCCC(C)C(=O)N1CCCN(CCCl)CC1. The van der Waals surface area contributed by atoms with E-state index in [1.807, 2.05) is 0 Å². The smallest absolute Gasteiger partial charge is 0.225 e. The van der Waals surface area contributed by atoms with E-state index in [0.717, 1.165) is 52.0 Å². The lowest BCUT2D eigenvalue weighted by atomic mass is 10.0. The van der Waals surface area contributed by atoms with Crippen molar-refractivity contribution in [2.24, 2.45) is 5.92 Å². The van der Waals surface area contributed by atoms with Gasteiger partial charge in [-0.2, -0.15) is 0 Å². The maximum absolute atomic E-state index is 12.3. The van der Waals surface area contributed by atoms with Crippen molar-refractivity contribution < 1.29 is 4.79 Å².